The van der Waals surface area contributed by atoms with E-state index in [2.05, 4.69) is 5.32 Å². The van der Waals surface area contributed by atoms with E-state index in [0.717, 1.165) is 12.8 Å². The predicted octanol–water partition coefficient (Wildman–Crippen LogP) is 1.43. The Morgan fingerprint density at radius 1 is 1.35 bits per heavy atom. The van der Waals surface area contributed by atoms with Crippen molar-refractivity contribution in [2.45, 2.75) is 58.5 Å². The molecule has 1 rings (SSSR count). The zero-order chi connectivity index (χ0) is 15.3. The van der Waals surface area contributed by atoms with Gasteiger partial charge in [0.25, 0.3) is 0 Å². The van der Waals surface area contributed by atoms with E-state index >= 15 is 0 Å². The molecule has 6 heteroatoms. The van der Waals surface area contributed by atoms with E-state index in [1.165, 1.54) is 0 Å². The van der Waals surface area contributed by atoms with Gasteiger partial charge in [-0.1, -0.05) is 20.8 Å². The lowest BCUT2D eigenvalue weighted by Crippen LogP contribution is -2.48. The van der Waals surface area contributed by atoms with Crippen molar-refractivity contribution in [3.05, 3.63) is 0 Å². The summed E-state index contributed by atoms with van der Waals surface area (Å²) in [4.78, 5) is 24.7. The van der Waals surface area contributed by atoms with Crippen molar-refractivity contribution < 1.29 is 19.8 Å². The quantitative estimate of drug-likeness (QED) is 0.660. The Kier molecular flexibility index (Phi) is 5.80. The summed E-state index contributed by atoms with van der Waals surface area (Å²) in [6.07, 6.45) is 2.43. The number of urea groups is 1. The van der Waals surface area contributed by atoms with E-state index in [1.54, 1.807) is 4.90 Å². The highest BCUT2D eigenvalue weighted by Crippen LogP contribution is 2.27. The molecule has 1 fully saturated rings. The lowest BCUT2D eigenvalue weighted by molar-refractivity contribution is -0.137. The average molecular weight is 286 g/mol. The standard InChI is InChI=1S/C14H26N2O4/c1-14(2,3)9-10(8-12(18)19)15-13(20)16(6-7-17)11-4-5-11/h10-11,17H,4-9H2,1-3H3,(H,15,20)(H,18,19). The summed E-state index contributed by atoms with van der Waals surface area (Å²) in [7, 11) is 0. The maximum absolute atomic E-state index is 12.2. The SMILES string of the molecule is CC(C)(C)CC(CC(=O)O)NC(=O)N(CCO)C1CC1. The number of aliphatic hydroxyl groups excluding tert-OH is 1. The molecule has 0 aromatic heterocycles. The zero-order valence-corrected chi connectivity index (χ0v) is 12.6. The minimum Gasteiger partial charge on any atom is -0.481 e. The summed E-state index contributed by atoms with van der Waals surface area (Å²) in [5.74, 6) is -0.917. The van der Waals surface area contributed by atoms with Crippen LogP contribution in [0.2, 0.25) is 0 Å². The molecular formula is C14H26N2O4. The van der Waals surface area contributed by atoms with Crippen molar-refractivity contribution in [1.29, 1.82) is 0 Å². The van der Waals surface area contributed by atoms with Crippen LogP contribution in [0.15, 0.2) is 0 Å². The van der Waals surface area contributed by atoms with E-state index in [4.69, 9.17) is 10.2 Å². The molecule has 1 aliphatic rings. The second-order valence-corrected chi connectivity index (χ2v) is 6.66. The highest BCUT2D eigenvalue weighted by Gasteiger charge is 2.33. The summed E-state index contributed by atoms with van der Waals surface area (Å²) in [5, 5.41) is 20.8. The Hall–Kier alpha value is -1.30. The number of aliphatic carboxylic acids is 1. The fraction of sp³-hybridized carbons (Fsp3) is 0.857. The fourth-order valence-electron chi connectivity index (χ4n) is 2.33. The number of carbonyl (C=O) groups excluding carboxylic acids is 1. The molecule has 0 bridgehead atoms. The highest BCUT2D eigenvalue weighted by molar-refractivity contribution is 5.76. The van der Waals surface area contributed by atoms with Gasteiger partial charge in [0.05, 0.1) is 13.0 Å². The summed E-state index contributed by atoms with van der Waals surface area (Å²) in [5.41, 5.74) is -0.0607. The Bertz CT molecular complexity index is 348. The van der Waals surface area contributed by atoms with Crippen molar-refractivity contribution in [3.8, 4) is 0 Å². The van der Waals surface area contributed by atoms with Crippen LogP contribution in [0.4, 0.5) is 4.79 Å². The molecule has 6 nitrogen and oxygen atoms in total. The van der Waals surface area contributed by atoms with Crippen LogP contribution in [-0.4, -0.2) is 52.3 Å². The third-order valence-electron chi connectivity index (χ3n) is 3.20. The Morgan fingerprint density at radius 3 is 2.35 bits per heavy atom. The maximum atomic E-state index is 12.2. The van der Waals surface area contributed by atoms with Gasteiger partial charge in [0.15, 0.2) is 0 Å². The third-order valence-corrected chi connectivity index (χ3v) is 3.20. The Labute approximate surface area is 120 Å². The second-order valence-electron chi connectivity index (χ2n) is 6.66. The number of nitrogens with one attached hydrogen (secondary N) is 1. The van der Waals surface area contributed by atoms with E-state index < -0.39 is 5.97 Å². The molecule has 116 valence electrons. The van der Waals surface area contributed by atoms with Crippen molar-refractivity contribution >= 4 is 12.0 Å². The first kappa shape index (κ1) is 16.8. The number of carbonyl (C=O) groups is 2. The molecule has 0 heterocycles. The van der Waals surface area contributed by atoms with E-state index in [0.29, 0.717) is 13.0 Å². The normalized spacial score (nSPS) is 16.6. The van der Waals surface area contributed by atoms with Crippen molar-refractivity contribution in [2.24, 2.45) is 5.41 Å². The van der Waals surface area contributed by atoms with Gasteiger partial charge in [-0.05, 0) is 24.7 Å². The molecular weight excluding hydrogens is 260 g/mol. The Morgan fingerprint density at radius 2 is 1.95 bits per heavy atom. The van der Waals surface area contributed by atoms with Gasteiger partial charge in [-0.25, -0.2) is 4.79 Å². The molecule has 0 aromatic carbocycles. The van der Waals surface area contributed by atoms with Gasteiger partial charge in [-0.15, -0.1) is 0 Å². The van der Waals surface area contributed by atoms with Gasteiger partial charge in [0, 0.05) is 18.6 Å². The number of rotatable bonds is 7. The van der Waals surface area contributed by atoms with Crippen LogP contribution < -0.4 is 5.32 Å². The number of carboxylic acid groups (broad SMARTS) is 1. The number of nitrogens with zero attached hydrogens (tertiary/aromatic N) is 1. The van der Waals surface area contributed by atoms with Crippen LogP contribution in [0, 0.1) is 5.41 Å². The summed E-state index contributed by atoms with van der Waals surface area (Å²) in [6, 6.07) is -0.459. The minimum absolute atomic E-state index is 0.0607. The average Bonchev–Trinajstić information content (AvgIpc) is 3.05. The molecule has 3 N–H and O–H groups in total. The molecule has 0 aromatic rings. The lowest BCUT2D eigenvalue weighted by atomic mass is 9.87. The largest absolute Gasteiger partial charge is 0.481 e. The molecule has 1 aliphatic carbocycles. The second kappa shape index (κ2) is 6.92. The number of hydrogen-bond donors (Lipinski definition) is 3. The smallest absolute Gasteiger partial charge is 0.317 e. The minimum atomic E-state index is -0.917. The summed E-state index contributed by atoms with van der Waals surface area (Å²) >= 11 is 0. The molecule has 0 spiro atoms. The molecule has 1 atom stereocenters. The van der Waals surface area contributed by atoms with Crippen LogP contribution in [-0.2, 0) is 4.79 Å². The summed E-state index contributed by atoms with van der Waals surface area (Å²) in [6.45, 7) is 6.26. The zero-order valence-electron chi connectivity index (χ0n) is 12.6. The van der Waals surface area contributed by atoms with Crippen LogP contribution in [0.1, 0.15) is 46.5 Å². The molecule has 0 aliphatic heterocycles. The van der Waals surface area contributed by atoms with Gasteiger partial charge in [0.1, 0.15) is 0 Å². The Balaban J connectivity index is 2.61. The van der Waals surface area contributed by atoms with Gasteiger partial charge < -0.3 is 20.4 Å². The van der Waals surface area contributed by atoms with Gasteiger partial charge >= 0.3 is 12.0 Å². The number of carboxylic acids is 1. The summed E-state index contributed by atoms with van der Waals surface area (Å²) < 4.78 is 0. The van der Waals surface area contributed by atoms with Crippen molar-refractivity contribution in [3.63, 3.8) is 0 Å². The van der Waals surface area contributed by atoms with E-state index in [9.17, 15) is 9.59 Å². The van der Waals surface area contributed by atoms with Gasteiger partial charge in [-0.3, -0.25) is 4.79 Å². The molecule has 0 saturated heterocycles. The molecule has 1 unspecified atom stereocenters. The first-order valence-electron chi connectivity index (χ1n) is 7.12. The fourth-order valence-corrected chi connectivity index (χ4v) is 2.33. The highest BCUT2D eigenvalue weighted by atomic mass is 16.4. The van der Waals surface area contributed by atoms with Crippen molar-refractivity contribution in [1.82, 2.24) is 10.2 Å². The molecule has 0 radical (unpaired) electrons. The van der Waals surface area contributed by atoms with E-state index in [1.807, 2.05) is 20.8 Å². The number of amides is 2. The van der Waals surface area contributed by atoms with Crippen LogP contribution in [0.25, 0.3) is 0 Å². The van der Waals surface area contributed by atoms with Gasteiger partial charge in [-0.2, -0.15) is 0 Å². The molecule has 20 heavy (non-hydrogen) atoms. The monoisotopic (exact) mass is 286 g/mol. The topological polar surface area (TPSA) is 89.9 Å². The van der Waals surface area contributed by atoms with Gasteiger partial charge in [0.2, 0.25) is 0 Å². The third kappa shape index (κ3) is 6.23. The number of hydrogen-bond acceptors (Lipinski definition) is 3. The molecule has 2 amide bonds. The maximum Gasteiger partial charge on any atom is 0.317 e. The number of aliphatic hydroxyl groups is 1. The van der Waals surface area contributed by atoms with Crippen LogP contribution in [0.5, 0.6) is 0 Å². The van der Waals surface area contributed by atoms with E-state index in [-0.39, 0.29) is 36.6 Å². The van der Waals surface area contributed by atoms with Crippen LogP contribution in [0.3, 0.4) is 0 Å². The molecule has 1 saturated carbocycles. The first-order chi connectivity index (χ1) is 9.23. The predicted molar refractivity (Wildman–Crippen MR) is 75.5 cm³/mol. The lowest BCUT2D eigenvalue weighted by Gasteiger charge is -2.29. The van der Waals surface area contributed by atoms with Crippen LogP contribution >= 0.6 is 0 Å². The van der Waals surface area contributed by atoms with Crippen molar-refractivity contribution in [2.75, 3.05) is 13.2 Å². The first-order valence-corrected chi connectivity index (χ1v) is 7.12.